The van der Waals surface area contributed by atoms with Crippen molar-refractivity contribution in [3.63, 3.8) is 0 Å². The number of phenolic OH excluding ortho intramolecular Hbond substituents is 1. The molecule has 0 aliphatic carbocycles. The number of aliphatic hydroxyl groups is 1. The Kier molecular flexibility index (Phi) is 5.97. The lowest BCUT2D eigenvalue weighted by Gasteiger charge is -2.33. The van der Waals surface area contributed by atoms with Gasteiger partial charge in [-0.25, -0.2) is 0 Å². The molecule has 1 fully saturated rings. The van der Waals surface area contributed by atoms with Gasteiger partial charge >= 0.3 is 0 Å². The Hall–Kier alpha value is -2.56. The Morgan fingerprint density at radius 3 is 2.48 bits per heavy atom. The second-order valence-electron chi connectivity index (χ2n) is 5.26. The Bertz CT molecular complexity index is 599. The zero-order valence-corrected chi connectivity index (χ0v) is 12.8. The van der Waals surface area contributed by atoms with Crippen molar-refractivity contribution in [3.05, 3.63) is 36.0 Å². The highest BCUT2D eigenvalue weighted by Crippen LogP contribution is 2.14. The Morgan fingerprint density at radius 2 is 1.91 bits per heavy atom. The van der Waals surface area contributed by atoms with Crippen LogP contribution in [0.15, 0.2) is 36.0 Å². The number of carbonyl (C=O) groups is 1. The first kappa shape index (κ1) is 16.8. The molecule has 1 amide bonds. The smallest absolute Gasteiger partial charge is 0.267 e. The molecule has 1 heterocycles. The number of hydrogen-bond donors (Lipinski definition) is 3. The molecule has 1 aliphatic rings. The maximum absolute atomic E-state index is 12.1. The Labute approximate surface area is 135 Å². The van der Waals surface area contributed by atoms with Gasteiger partial charge in [-0.15, -0.1) is 0 Å². The maximum Gasteiger partial charge on any atom is 0.267 e. The molecule has 1 saturated heterocycles. The molecule has 0 radical (unpaired) electrons. The number of amides is 1. The first-order chi connectivity index (χ1) is 11.1. The van der Waals surface area contributed by atoms with Crippen LogP contribution in [0.4, 0.5) is 5.69 Å². The second kappa shape index (κ2) is 8.17. The number of nitrogens with one attached hydrogen (secondary N) is 1. The summed E-state index contributed by atoms with van der Waals surface area (Å²) in [7, 11) is 0. The third-order valence-electron chi connectivity index (χ3n) is 3.63. The molecule has 0 atom stereocenters. The van der Waals surface area contributed by atoms with Crippen molar-refractivity contribution in [3.8, 4) is 11.8 Å². The van der Waals surface area contributed by atoms with Gasteiger partial charge in [-0.3, -0.25) is 9.69 Å². The molecular formula is C16H20N4O3. The summed E-state index contributed by atoms with van der Waals surface area (Å²) >= 11 is 0. The van der Waals surface area contributed by atoms with Crippen molar-refractivity contribution in [1.82, 2.24) is 9.80 Å². The Balaban J connectivity index is 1.95. The van der Waals surface area contributed by atoms with Crippen molar-refractivity contribution in [2.75, 3.05) is 44.6 Å². The highest BCUT2D eigenvalue weighted by atomic mass is 16.3. The van der Waals surface area contributed by atoms with E-state index in [9.17, 15) is 15.2 Å². The molecule has 0 spiro atoms. The van der Waals surface area contributed by atoms with Crippen LogP contribution in [0.3, 0.4) is 0 Å². The van der Waals surface area contributed by atoms with Crippen molar-refractivity contribution in [2.45, 2.75) is 0 Å². The number of aliphatic hydroxyl groups excluding tert-OH is 1. The van der Waals surface area contributed by atoms with E-state index in [1.54, 1.807) is 18.3 Å². The minimum absolute atomic E-state index is 0.0358. The molecule has 122 valence electrons. The van der Waals surface area contributed by atoms with Crippen LogP contribution in [0.5, 0.6) is 5.75 Å². The van der Waals surface area contributed by atoms with E-state index >= 15 is 0 Å². The van der Waals surface area contributed by atoms with Crippen molar-refractivity contribution < 1.29 is 15.0 Å². The van der Waals surface area contributed by atoms with Crippen LogP contribution in [0.25, 0.3) is 0 Å². The summed E-state index contributed by atoms with van der Waals surface area (Å²) in [6.07, 6.45) is 1.58. The third kappa shape index (κ3) is 4.98. The monoisotopic (exact) mass is 316 g/mol. The van der Waals surface area contributed by atoms with Gasteiger partial charge in [0.1, 0.15) is 17.4 Å². The molecule has 7 heteroatoms. The number of aromatic hydroxyl groups is 1. The van der Waals surface area contributed by atoms with Gasteiger partial charge in [0.25, 0.3) is 5.91 Å². The molecule has 0 bridgehead atoms. The van der Waals surface area contributed by atoms with E-state index in [1.807, 2.05) is 11.0 Å². The zero-order chi connectivity index (χ0) is 16.7. The standard InChI is InChI=1S/C16H20N4O3/c17-11-13(12-20-7-5-19(6-8-20)9-10-21)16(23)18-14-1-3-15(22)4-2-14/h1-4,12,21-22H,5-10H2,(H,18,23)/b13-12-. The zero-order valence-electron chi connectivity index (χ0n) is 12.8. The van der Waals surface area contributed by atoms with Crippen molar-refractivity contribution in [1.29, 1.82) is 5.26 Å². The molecule has 3 N–H and O–H groups in total. The first-order valence-electron chi connectivity index (χ1n) is 7.42. The first-order valence-corrected chi connectivity index (χ1v) is 7.42. The SMILES string of the molecule is N#C/C(=C/N1CCN(CCO)CC1)C(=O)Nc1ccc(O)cc1. The number of nitriles is 1. The summed E-state index contributed by atoms with van der Waals surface area (Å²) in [5, 5.41) is 30.0. The van der Waals surface area contributed by atoms with E-state index in [0.717, 1.165) is 13.1 Å². The second-order valence-corrected chi connectivity index (χ2v) is 5.26. The van der Waals surface area contributed by atoms with Gasteiger partial charge in [0, 0.05) is 44.6 Å². The van der Waals surface area contributed by atoms with Crippen molar-refractivity contribution >= 4 is 11.6 Å². The van der Waals surface area contributed by atoms with E-state index in [-0.39, 0.29) is 17.9 Å². The number of hydrogen-bond acceptors (Lipinski definition) is 6. The molecule has 1 aliphatic heterocycles. The molecule has 23 heavy (non-hydrogen) atoms. The Morgan fingerprint density at radius 1 is 1.26 bits per heavy atom. The summed E-state index contributed by atoms with van der Waals surface area (Å²) in [6, 6.07) is 7.98. The lowest BCUT2D eigenvalue weighted by atomic mass is 10.2. The van der Waals surface area contributed by atoms with Gasteiger partial charge in [0.15, 0.2) is 0 Å². The number of anilines is 1. The van der Waals surface area contributed by atoms with Crippen molar-refractivity contribution in [2.24, 2.45) is 0 Å². The summed E-state index contributed by atoms with van der Waals surface area (Å²) < 4.78 is 0. The van der Waals surface area contributed by atoms with Crippen LogP contribution in [0.1, 0.15) is 0 Å². The van der Waals surface area contributed by atoms with E-state index < -0.39 is 5.91 Å². The van der Waals surface area contributed by atoms with Crippen LogP contribution >= 0.6 is 0 Å². The van der Waals surface area contributed by atoms with Gasteiger partial charge in [-0.05, 0) is 24.3 Å². The lowest BCUT2D eigenvalue weighted by molar-refractivity contribution is -0.112. The molecule has 1 aromatic carbocycles. The predicted octanol–water partition coefficient (Wildman–Crippen LogP) is 0.348. The fourth-order valence-electron chi connectivity index (χ4n) is 2.32. The number of nitrogens with zero attached hydrogens (tertiary/aromatic N) is 3. The van der Waals surface area contributed by atoms with E-state index in [0.29, 0.717) is 25.3 Å². The average Bonchev–Trinajstić information content (AvgIpc) is 2.56. The largest absolute Gasteiger partial charge is 0.508 e. The van der Waals surface area contributed by atoms with Gasteiger partial charge in [0.2, 0.25) is 0 Å². The molecule has 0 aromatic heterocycles. The summed E-state index contributed by atoms with van der Waals surface area (Å²) in [5.74, 6) is -0.365. The van der Waals surface area contributed by atoms with E-state index in [4.69, 9.17) is 5.11 Å². The predicted molar refractivity (Wildman–Crippen MR) is 85.5 cm³/mol. The van der Waals surface area contributed by atoms with Gasteiger partial charge in [-0.2, -0.15) is 5.26 Å². The number of benzene rings is 1. The van der Waals surface area contributed by atoms with Gasteiger partial charge in [-0.1, -0.05) is 0 Å². The minimum Gasteiger partial charge on any atom is -0.508 e. The normalized spacial score (nSPS) is 16.0. The van der Waals surface area contributed by atoms with E-state index in [1.165, 1.54) is 12.1 Å². The quantitative estimate of drug-likeness (QED) is 0.412. The van der Waals surface area contributed by atoms with E-state index in [2.05, 4.69) is 10.2 Å². The van der Waals surface area contributed by atoms with Crippen LogP contribution < -0.4 is 5.32 Å². The average molecular weight is 316 g/mol. The van der Waals surface area contributed by atoms with Gasteiger partial charge < -0.3 is 20.4 Å². The molecule has 0 saturated carbocycles. The summed E-state index contributed by atoms with van der Waals surface area (Å²) in [5.41, 5.74) is 0.551. The summed E-state index contributed by atoms with van der Waals surface area (Å²) in [4.78, 5) is 16.2. The fourth-order valence-corrected chi connectivity index (χ4v) is 2.32. The third-order valence-corrected chi connectivity index (χ3v) is 3.63. The van der Waals surface area contributed by atoms with Gasteiger partial charge in [0.05, 0.1) is 6.61 Å². The fraction of sp³-hybridized carbons (Fsp3) is 0.375. The maximum atomic E-state index is 12.1. The molecule has 1 aromatic rings. The molecular weight excluding hydrogens is 296 g/mol. The highest BCUT2D eigenvalue weighted by Gasteiger charge is 2.17. The topological polar surface area (TPSA) is 99.8 Å². The number of phenols is 1. The number of β-amino-alcohol motifs (C(OH)–C–C–N with tert-alkyl or cyclic N) is 1. The highest BCUT2D eigenvalue weighted by molar-refractivity contribution is 6.06. The van der Waals surface area contributed by atoms with Crippen LogP contribution in [0, 0.1) is 11.3 Å². The summed E-state index contributed by atoms with van der Waals surface area (Å²) in [6.45, 7) is 3.76. The lowest BCUT2D eigenvalue weighted by Crippen LogP contribution is -2.45. The molecule has 7 nitrogen and oxygen atoms in total. The van der Waals surface area contributed by atoms with Crippen LogP contribution in [-0.2, 0) is 4.79 Å². The minimum atomic E-state index is -0.476. The molecule has 2 rings (SSSR count). The molecule has 0 unspecified atom stereocenters. The number of rotatable bonds is 5. The number of piperazine rings is 1. The number of carbonyl (C=O) groups excluding carboxylic acids is 1. The van der Waals surface area contributed by atoms with Crippen LogP contribution in [-0.4, -0.2) is 65.3 Å². The van der Waals surface area contributed by atoms with Crippen LogP contribution in [0.2, 0.25) is 0 Å².